The third-order valence-electron chi connectivity index (χ3n) is 1.90. The molecule has 1 radical (unpaired) electrons. The summed E-state index contributed by atoms with van der Waals surface area (Å²) in [5, 5.41) is 4.07. The molecule has 0 saturated heterocycles. The first-order chi connectivity index (χ1) is 6.33. The molecular formula is C9H8N3O. The molecule has 1 heterocycles. The Kier molecular flexibility index (Phi) is 1.75. The highest BCUT2D eigenvalue weighted by atomic mass is 16.2. The topological polar surface area (TPSA) is 69.2 Å². The Balaban J connectivity index is 2.50. The first-order valence-corrected chi connectivity index (χ1v) is 3.84. The molecule has 0 unspecified atom stereocenters. The minimum absolute atomic E-state index is 0.315. The lowest BCUT2D eigenvalue weighted by atomic mass is 10.1. The minimum Gasteiger partial charge on any atom is -0.290 e. The Bertz CT molecular complexity index is 384. The van der Waals surface area contributed by atoms with Crippen LogP contribution in [0.5, 0.6) is 0 Å². The quantitative estimate of drug-likeness (QED) is 0.370. The van der Waals surface area contributed by atoms with Crippen molar-refractivity contribution in [3.05, 3.63) is 35.5 Å². The number of hydrazine groups is 1. The number of carbonyl (C=O) groups excluding carboxylic acids is 1. The van der Waals surface area contributed by atoms with Crippen LogP contribution in [0.3, 0.4) is 0 Å². The summed E-state index contributed by atoms with van der Waals surface area (Å²) in [6.07, 6.45) is 3.51. The predicted molar refractivity (Wildman–Crippen MR) is 48.9 cm³/mol. The molecule has 3 N–H and O–H groups in total. The van der Waals surface area contributed by atoms with Crippen molar-refractivity contribution in [3.8, 4) is 0 Å². The average Bonchev–Trinajstić information content (AvgIpc) is 2.63. The molecular weight excluding hydrogens is 166 g/mol. The number of amides is 1. The molecule has 0 bridgehead atoms. The van der Waals surface area contributed by atoms with Gasteiger partial charge in [-0.2, -0.15) is 0 Å². The summed E-state index contributed by atoms with van der Waals surface area (Å²) in [7, 11) is 0. The van der Waals surface area contributed by atoms with Gasteiger partial charge in [-0.3, -0.25) is 15.5 Å². The van der Waals surface area contributed by atoms with Crippen LogP contribution in [0.25, 0.3) is 6.08 Å². The van der Waals surface area contributed by atoms with Crippen molar-refractivity contribution < 1.29 is 4.79 Å². The number of nitrogens with one attached hydrogen (secondary N) is 1. The van der Waals surface area contributed by atoms with Gasteiger partial charge >= 0.3 is 0 Å². The molecule has 4 heteroatoms. The van der Waals surface area contributed by atoms with Crippen molar-refractivity contribution in [3.63, 3.8) is 0 Å². The Morgan fingerprint density at radius 2 is 2.31 bits per heavy atom. The van der Waals surface area contributed by atoms with Gasteiger partial charge in [0.05, 0.1) is 11.3 Å². The summed E-state index contributed by atoms with van der Waals surface area (Å²) in [6.45, 7) is 0. The zero-order chi connectivity index (χ0) is 9.26. The molecule has 0 saturated carbocycles. The van der Waals surface area contributed by atoms with Crippen molar-refractivity contribution in [2.24, 2.45) is 5.84 Å². The Morgan fingerprint density at radius 1 is 1.46 bits per heavy atom. The van der Waals surface area contributed by atoms with Crippen LogP contribution in [0.2, 0.25) is 0 Å². The summed E-state index contributed by atoms with van der Waals surface area (Å²) in [4.78, 5) is 11.2. The van der Waals surface area contributed by atoms with Crippen LogP contribution < -0.4 is 16.6 Å². The molecule has 65 valence electrons. The lowest BCUT2D eigenvalue weighted by Crippen LogP contribution is -2.30. The fourth-order valence-corrected chi connectivity index (χ4v) is 1.29. The highest BCUT2D eigenvalue weighted by Crippen LogP contribution is 2.26. The molecule has 0 aromatic heterocycles. The van der Waals surface area contributed by atoms with E-state index >= 15 is 0 Å². The number of carbonyl (C=O) groups is 1. The highest BCUT2D eigenvalue weighted by Gasteiger charge is 2.15. The van der Waals surface area contributed by atoms with Gasteiger partial charge in [0.15, 0.2) is 0 Å². The summed E-state index contributed by atoms with van der Waals surface area (Å²) >= 11 is 0. The lowest BCUT2D eigenvalue weighted by molar-refractivity contribution is 0.0954. The number of para-hydroxylation sites is 1. The van der Waals surface area contributed by atoms with Gasteiger partial charge in [0.25, 0.3) is 5.91 Å². The van der Waals surface area contributed by atoms with Gasteiger partial charge in [-0.05, 0) is 12.1 Å². The fraction of sp³-hybridized carbons (Fsp3) is 0. The highest BCUT2D eigenvalue weighted by molar-refractivity contribution is 6.00. The predicted octanol–water partition coefficient (Wildman–Crippen LogP) is 0.510. The number of hydrogen-bond acceptors (Lipinski definition) is 2. The van der Waals surface area contributed by atoms with Gasteiger partial charge in [0.1, 0.15) is 0 Å². The molecule has 1 aromatic rings. The van der Waals surface area contributed by atoms with Crippen molar-refractivity contribution in [1.29, 1.82) is 0 Å². The van der Waals surface area contributed by atoms with Crippen molar-refractivity contribution >= 4 is 17.7 Å². The van der Waals surface area contributed by atoms with E-state index in [1.165, 1.54) is 0 Å². The largest absolute Gasteiger partial charge is 0.290 e. The molecule has 2 rings (SSSR count). The molecule has 13 heavy (non-hydrogen) atoms. The van der Waals surface area contributed by atoms with E-state index in [1.807, 2.05) is 12.1 Å². The maximum Gasteiger partial charge on any atom is 0.267 e. The van der Waals surface area contributed by atoms with Gasteiger partial charge in [-0.1, -0.05) is 12.1 Å². The van der Waals surface area contributed by atoms with Crippen LogP contribution in [-0.2, 0) is 0 Å². The number of benzene rings is 1. The van der Waals surface area contributed by atoms with E-state index in [4.69, 9.17) is 5.84 Å². The third-order valence-corrected chi connectivity index (χ3v) is 1.90. The summed E-state index contributed by atoms with van der Waals surface area (Å²) in [5.74, 6) is 4.72. The molecule has 1 amide bonds. The second-order valence-electron chi connectivity index (χ2n) is 2.66. The normalized spacial score (nSPS) is 12.1. The molecule has 4 nitrogen and oxygen atoms in total. The number of nitrogens with zero attached hydrogens (tertiary/aromatic N) is 1. The number of hydrogen-bond donors (Lipinski definition) is 2. The molecule has 0 aliphatic carbocycles. The van der Waals surface area contributed by atoms with Gasteiger partial charge in [-0.15, -0.1) is 0 Å². The second kappa shape index (κ2) is 2.91. The molecule has 0 atom stereocenters. The maximum atomic E-state index is 11.2. The molecule has 1 aromatic carbocycles. The molecule has 0 fully saturated rings. The number of nitrogen functional groups attached to an aromatic ring is 1. The van der Waals surface area contributed by atoms with E-state index in [1.54, 1.807) is 18.3 Å². The maximum absolute atomic E-state index is 11.2. The Morgan fingerprint density at radius 3 is 3.08 bits per heavy atom. The van der Waals surface area contributed by atoms with Crippen LogP contribution >= 0.6 is 0 Å². The zero-order valence-electron chi connectivity index (χ0n) is 6.82. The Labute approximate surface area is 75.4 Å². The minimum atomic E-state index is -0.315. The summed E-state index contributed by atoms with van der Waals surface area (Å²) < 4.78 is 0. The standard InChI is InChI=1S/C9H8N3O/c10-12-9(13)7-3-1-2-6-4-5-11-8(6)7/h1-5H,10H2,(H,12,13). The smallest absolute Gasteiger partial charge is 0.267 e. The average molecular weight is 174 g/mol. The van der Waals surface area contributed by atoms with Gasteiger partial charge in [0, 0.05) is 11.8 Å². The molecule has 0 spiro atoms. The van der Waals surface area contributed by atoms with Crippen molar-refractivity contribution in [1.82, 2.24) is 10.7 Å². The van der Waals surface area contributed by atoms with E-state index in [0.29, 0.717) is 11.3 Å². The van der Waals surface area contributed by atoms with E-state index in [2.05, 4.69) is 10.7 Å². The van der Waals surface area contributed by atoms with E-state index < -0.39 is 0 Å². The number of fused-ring (bicyclic) bond motifs is 1. The monoisotopic (exact) mass is 174 g/mol. The van der Waals surface area contributed by atoms with Crippen LogP contribution in [-0.4, -0.2) is 5.91 Å². The fourth-order valence-electron chi connectivity index (χ4n) is 1.29. The van der Waals surface area contributed by atoms with Crippen molar-refractivity contribution in [2.45, 2.75) is 0 Å². The van der Waals surface area contributed by atoms with E-state index in [0.717, 1.165) is 5.56 Å². The Hall–Kier alpha value is -1.81. The van der Waals surface area contributed by atoms with Gasteiger partial charge in [-0.25, -0.2) is 5.84 Å². The van der Waals surface area contributed by atoms with Crippen LogP contribution in [0.4, 0.5) is 5.69 Å². The van der Waals surface area contributed by atoms with E-state index in [9.17, 15) is 4.79 Å². The SMILES string of the molecule is NNC(=O)c1cccc2c1[N]C=C2. The van der Waals surface area contributed by atoms with Crippen LogP contribution in [0.1, 0.15) is 15.9 Å². The third kappa shape index (κ3) is 1.17. The van der Waals surface area contributed by atoms with E-state index in [-0.39, 0.29) is 5.91 Å². The van der Waals surface area contributed by atoms with Crippen molar-refractivity contribution in [2.75, 3.05) is 0 Å². The van der Waals surface area contributed by atoms with Crippen LogP contribution in [0.15, 0.2) is 24.4 Å². The van der Waals surface area contributed by atoms with Crippen LogP contribution in [0, 0.1) is 0 Å². The summed E-state index contributed by atoms with van der Waals surface area (Å²) in [6, 6.07) is 5.39. The second-order valence-corrected chi connectivity index (χ2v) is 2.66. The zero-order valence-corrected chi connectivity index (χ0v) is 6.82. The number of nitrogens with two attached hydrogens (primary N) is 1. The van der Waals surface area contributed by atoms with Gasteiger partial charge < -0.3 is 0 Å². The summed E-state index contributed by atoms with van der Waals surface area (Å²) in [5.41, 5.74) is 4.22. The first-order valence-electron chi connectivity index (χ1n) is 3.84. The first kappa shape index (κ1) is 7.82. The molecule has 1 aliphatic rings. The lowest BCUT2D eigenvalue weighted by Gasteiger charge is -2.04. The van der Waals surface area contributed by atoms with Gasteiger partial charge in [0.2, 0.25) is 0 Å². The molecule has 1 aliphatic heterocycles. The number of rotatable bonds is 1.